The molecule has 0 fully saturated rings. The maximum atomic E-state index is 12.6. The average Bonchev–Trinajstić information content (AvgIpc) is 3.14. The molecule has 0 bridgehead atoms. The molecule has 3 aromatic carbocycles. The number of benzene rings is 3. The molecule has 0 unspecified atom stereocenters. The average molecular weight is 417 g/mol. The number of hydrogen-bond donors (Lipinski definition) is 2. The Kier molecular flexibility index (Phi) is 5.72. The van der Waals surface area contributed by atoms with E-state index in [-0.39, 0.29) is 11.8 Å². The van der Waals surface area contributed by atoms with Crippen molar-refractivity contribution in [2.24, 2.45) is 0 Å². The second-order valence-electron chi connectivity index (χ2n) is 6.64. The predicted octanol–water partition coefficient (Wildman–Crippen LogP) is 5.09. The van der Waals surface area contributed by atoms with E-state index in [1.165, 1.54) is 18.3 Å². The number of rotatable bonds is 6. The molecular formula is C23H19N3O3S. The molecule has 0 atom stereocenters. The van der Waals surface area contributed by atoms with Gasteiger partial charge in [0.25, 0.3) is 5.91 Å². The number of aromatic nitrogens is 1. The molecule has 1 heterocycles. The molecule has 2 amide bonds. The normalized spacial score (nSPS) is 10.6. The summed E-state index contributed by atoms with van der Waals surface area (Å²) in [7, 11) is 0. The number of carbonyl (C=O) groups is 2. The highest BCUT2D eigenvalue weighted by Gasteiger charge is 2.11. The molecular weight excluding hydrogens is 398 g/mol. The summed E-state index contributed by atoms with van der Waals surface area (Å²) in [6.45, 7) is 1.89. The Morgan fingerprint density at radius 1 is 0.967 bits per heavy atom. The molecule has 0 saturated heterocycles. The number of anilines is 2. The molecule has 6 nitrogen and oxygen atoms in total. The lowest BCUT2D eigenvalue weighted by atomic mass is 10.1. The largest absolute Gasteiger partial charge is 0.489 e. The summed E-state index contributed by atoms with van der Waals surface area (Å²) in [5, 5.41) is 6.08. The van der Waals surface area contributed by atoms with Gasteiger partial charge in [-0.25, -0.2) is 4.98 Å². The van der Waals surface area contributed by atoms with Gasteiger partial charge in [-0.15, -0.1) is 0 Å². The zero-order valence-corrected chi connectivity index (χ0v) is 17.0. The molecule has 0 saturated carbocycles. The zero-order chi connectivity index (χ0) is 20.9. The molecule has 4 rings (SSSR count). The Balaban J connectivity index is 1.40. The van der Waals surface area contributed by atoms with Crippen molar-refractivity contribution in [3.8, 4) is 5.75 Å². The monoisotopic (exact) mass is 417 g/mol. The predicted molar refractivity (Wildman–Crippen MR) is 119 cm³/mol. The first-order valence-corrected chi connectivity index (χ1v) is 10.1. The summed E-state index contributed by atoms with van der Waals surface area (Å²) >= 11 is 1.36. The summed E-state index contributed by atoms with van der Waals surface area (Å²) in [5.74, 6) is 0.438. The van der Waals surface area contributed by atoms with Crippen LogP contribution in [0, 0.1) is 0 Å². The number of nitrogens with one attached hydrogen (secondary N) is 2. The van der Waals surface area contributed by atoms with Crippen molar-refractivity contribution < 1.29 is 14.3 Å². The van der Waals surface area contributed by atoms with E-state index < -0.39 is 0 Å². The number of ether oxygens (including phenoxy) is 1. The van der Waals surface area contributed by atoms with Gasteiger partial charge >= 0.3 is 0 Å². The summed E-state index contributed by atoms with van der Waals surface area (Å²) in [6, 6.07) is 22.3. The lowest BCUT2D eigenvalue weighted by Gasteiger charge is -2.07. The van der Waals surface area contributed by atoms with Crippen molar-refractivity contribution in [2.45, 2.75) is 13.5 Å². The van der Waals surface area contributed by atoms with Crippen LogP contribution in [0.2, 0.25) is 0 Å². The van der Waals surface area contributed by atoms with E-state index >= 15 is 0 Å². The number of carbonyl (C=O) groups excluding carboxylic acids is 2. The molecule has 0 aliphatic carbocycles. The number of hydrogen-bond acceptors (Lipinski definition) is 5. The third kappa shape index (κ3) is 4.82. The molecule has 7 heteroatoms. The molecule has 1 aromatic heterocycles. The van der Waals surface area contributed by atoms with Crippen LogP contribution in [0.1, 0.15) is 22.8 Å². The van der Waals surface area contributed by atoms with Crippen molar-refractivity contribution in [3.05, 3.63) is 83.9 Å². The van der Waals surface area contributed by atoms with Crippen molar-refractivity contribution in [2.75, 3.05) is 10.6 Å². The van der Waals surface area contributed by atoms with Gasteiger partial charge in [0.15, 0.2) is 5.13 Å². The fraction of sp³-hybridized carbons (Fsp3) is 0.0870. The van der Waals surface area contributed by atoms with E-state index in [0.717, 1.165) is 21.5 Å². The maximum absolute atomic E-state index is 12.6. The number of amides is 2. The summed E-state index contributed by atoms with van der Waals surface area (Å²) < 4.78 is 6.60. The zero-order valence-electron chi connectivity index (χ0n) is 16.2. The SMILES string of the molecule is CC(=O)Nc1ccc2nc(NC(=O)c3ccc(COc4ccccc4)cc3)sc2c1. The number of fused-ring (bicyclic) bond motifs is 1. The number of thiazole rings is 1. The van der Waals surface area contributed by atoms with E-state index in [4.69, 9.17) is 4.74 Å². The first kappa shape index (κ1) is 19.6. The Labute approximate surface area is 177 Å². The van der Waals surface area contributed by atoms with Gasteiger partial charge < -0.3 is 10.1 Å². The smallest absolute Gasteiger partial charge is 0.257 e. The van der Waals surface area contributed by atoms with Crippen molar-refractivity contribution in [1.82, 2.24) is 4.98 Å². The van der Waals surface area contributed by atoms with Crippen LogP contribution in [-0.4, -0.2) is 16.8 Å². The number of para-hydroxylation sites is 1. The van der Waals surface area contributed by atoms with Gasteiger partial charge in [0.2, 0.25) is 5.91 Å². The molecule has 0 radical (unpaired) electrons. The Bertz CT molecular complexity index is 1190. The van der Waals surface area contributed by atoms with Gasteiger partial charge in [-0.1, -0.05) is 41.7 Å². The first-order valence-electron chi connectivity index (χ1n) is 9.33. The first-order chi connectivity index (χ1) is 14.6. The van der Waals surface area contributed by atoms with Crippen LogP contribution in [0.15, 0.2) is 72.8 Å². The Morgan fingerprint density at radius 3 is 2.47 bits per heavy atom. The molecule has 0 aliphatic heterocycles. The van der Waals surface area contributed by atoms with Crippen LogP contribution in [-0.2, 0) is 11.4 Å². The quantitative estimate of drug-likeness (QED) is 0.458. The van der Waals surface area contributed by atoms with Crippen LogP contribution < -0.4 is 15.4 Å². The van der Waals surface area contributed by atoms with Crippen molar-refractivity contribution in [1.29, 1.82) is 0 Å². The van der Waals surface area contributed by atoms with Gasteiger partial charge in [0.05, 0.1) is 10.2 Å². The van der Waals surface area contributed by atoms with Crippen LogP contribution >= 0.6 is 11.3 Å². The van der Waals surface area contributed by atoms with E-state index in [0.29, 0.717) is 23.0 Å². The van der Waals surface area contributed by atoms with Gasteiger partial charge in [-0.3, -0.25) is 14.9 Å². The Hall–Kier alpha value is -3.71. The van der Waals surface area contributed by atoms with Gasteiger partial charge in [0.1, 0.15) is 12.4 Å². The van der Waals surface area contributed by atoms with Gasteiger partial charge in [-0.2, -0.15) is 0 Å². The third-order valence-corrected chi connectivity index (χ3v) is 5.23. The number of nitrogens with zero attached hydrogens (tertiary/aromatic N) is 1. The van der Waals surface area contributed by atoms with E-state index in [2.05, 4.69) is 15.6 Å². The summed E-state index contributed by atoms with van der Waals surface area (Å²) in [5.41, 5.74) is 2.97. The van der Waals surface area contributed by atoms with Crippen LogP contribution in [0.5, 0.6) is 5.75 Å². The minimum atomic E-state index is -0.230. The minimum absolute atomic E-state index is 0.134. The molecule has 0 aliphatic rings. The van der Waals surface area contributed by atoms with Crippen molar-refractivity contribution >= 4 is 44.2 Å². The fourth-order valence-electron chi connectivity index (χ4n) is 2.86. The molecule has 0 spiro atoms. The second kappa shape index (κ2) is 8.75. The van der Waals surface area contributed by atoms with Crippen LogP contribution in [0.4, 0.5) is 10.8 Å². The Morgan fingerprint density at radius 2 is 1.73 bits per heavy atom. The molecule has 150 valence electrons. The maximum Gasteiger partial charge on any atom is 0.257 e. The van der Waals surface area contributed by atoms with Crippen LogP contribution in [0.3, 0.4) is 0 Å². The highest BCUT2D eigenvalue weighted by molar-refractivity contribution is 7.22. The topological polar surface area (TPSA) is 80.3 Å². The lowest BCUT2D eigenvalue weighted by Crippen LogP contribution is -2.11. The highest BCUT2D eigenvalue weighted by Crippen LogP contribution is 2.28. The van der Waals surface area contributed by atoms with Gasteiger partial charge in [0, 0.05) is 18.2 Å². The minimum Gasteiger partial charge on any atom is -0.489 e. The van der Waals surface area contributed by atoms with Crippen molar-refractivity contribution in [3.63, 3.8) is 0 Å². The fourth-order valence-corrected chi connectivity index (χ4v) is 3.76. The highest BCUT2D eigenvalue weighted by atomic mass is 32.1. The van der Waals surface area contributed by atoms with Crippen LogP contribution in [0.25, 0.3) is 10.2 Å². The summed E-state index contributed by atoms with van der Waals surface area (Å²) in [4.78, 5) is 28.2. The molecule has 4 aromatic rings. The third-order valence-electron chi connectivity index (χ3n) is 4.29. The lowest BCUT2D eigenvalue weighted by molar-refractivity contribution is -0.114. The summed E-state index contributed by atoms with van der Waals surface area (Å²) in [6.07, 6.45) is 0. The second-order valence-corrected chi connectivity index (χ2v) is 7.67. The molecule has 30 heavy (non-hydrogen) atoms. The van der Waals surface area contributed by atoms with E-state index in [9.17, 15) is 9.59 Å². The van der Waals surface area contributed by atoms with E-state index in [1.54, 1.807) is 18.2 Å². The molecule has 2 N–H and O–H groups in total. The van der Waals surface area contributed by atoms with E-state index in [1.807, 2.05) is 54.6 Å². The van der Waals surface area contributed by atoms with Gasteiger partial charge in [-0.05, 0) is 48.0 Å². The standard InChI is InChI=1S/C23H19N3O3S/c1-15(27)24-18-11-12-20-21(13-18)30-23(25-20)26-22(28)17-9-7-16(8-10-17)14-29-19-5-3-2-4-6-19/h2-13H,14H2,1H3,(H,24,27)(H,25,26,28).